The lowest BCUT2D eigenvalue weighted by Crippen LogP contribution is -2.02. The molecule has 0 aromatic heterocycles. The number of hydrogen-bond donors (Lipinski definition) is 2. The third-order valence-electron chi connectivity index (χ3n) is 0.330. The average molecular weight is 266 g/mol. The van der Waals surface area contributed by atoms with Gasteiger partial charge in [0.1, 0.15) is 0 Å². The Morgan fingerprint density at radius 1 is 1.67 bits per heavy atom. The highest BCUT2D eigenvalue weighted by Crippen LogP contribution is 2.35. The van der Waals surface area contributed by atoms with Gasteiger partial charge in [0.15, 0.2) is 0 Å². The Hall–Kier alpha value is 0.350. The molecule has 0 rings (SSSR count). The van der Waals surface area contributed by atoms with E-state index in [0.717, 1.165) is 0 Å². The number of rotatable bonds is 2. The van der Waals surface area contributed by atoms with Gasteiger partial charge < -0.3 is 4.52 Å². The molecule has 9 heavy (non-hydrogen) atoms. The number of halogens is 1. The van der Waals surface area contributed by atoms with Crippen LogP contribution in [-0.4, -0.2) is 20.2 Å². The van der Waals surface area contributed by atoms with E-state index in [4.69, 9.17) is 9.79 Å². The maximum atomic E-state index is 10.1. The molecule has 0 aromatic rings. The molecule has 0 radical (unpaired) electrons. The zero-order valence-corrected chi connectivity index (χ0v) is 7.20. The van der Waals surface area contributed by atoms with Crippen LogP contribution in [0.5, 0.6) is 0 Å². The lowest BCUT2D eigenvalue weighted by atomic mass is 10.9. The van der Waals surface area contributed by atoms with Gasteiger partial charge in [0.05, 0.1) is 4.43 Å². The monoisotopic (exact) mass is 266 g/mol. The summed E-state index contributed by atoms with van der Waals surface area (Å²) in [6, 6.07) is 0. The number of phosphoric acid groups is 1. The molecule has 7 heteroatoms. The van der Waals surface area contributed by atoms with Crippen LogP contribution in [0.25, 0.3) is 0 Å². The maximum Gasteiger partial charge on any atom is 0.527 e. The van der Waals surface area contributed by atoms with E-state index >= 15 is 0 Å². The number of carbonyl (C=O) groups is 1. The standard InChI is InChI=1S/C2H4IO5P/c3-1-2(4)8-9(5,6)7/h1H2,(H2,5,6,7). The topological polar surface area (TPSA) is 83.8 Å². The van der Waals surface area contributed by atoms with Crippen molar-refractivity contribution in [2.24, 2.45) is 0 Å². The highest BCUT2D eigenvalue weighted by molar-refractivity contribution is 14.1. The van der Waals surface area contributed by atoms with E-state index in [-0.39, 0.29) is 4.43 Å². The quantitative estimate of drug-likeness (QED) is 0.419. The Morgan fingerprint density at radius 3 is 2.22 bits per heavy atom. The first-order valence-corrected chi connectivity index (χ1v) is 4.85. The van der Waals surface area contributed by atoms with Gasteiger partial charge in [-0.3, -0.25) is 14.6 Å². The van der Waals surface area contributed by atoms with Crippen LogP contribution >= 0.6 is 30.4 Å². The summed E-state index contributed by atoms with van der Waals surface area (Å²) in [6.07, 6.45) is 0. The molecule has 0 unspecified atom stereocenters. The third kappa shape index (κ3) is 6.23. The second-order valence-corrected chi connectivity index (χ2v) is 3.01. The van der Waals surface area contributed by atoms with Gasteiger partial charge in [-0.25, -0.2) is 4.57 Å². The highest BCUT2D eigenvalue weighted by atomic mass is 127. The first-order valence-electron chi connectivity index (χ1n) is 1.79. The molecule has 0 heterocycles. The molecule has 2 N–H and O–H groups in total. The van der Waals surface area contributed by atoms with E-state index in [1.165, 1.54) is 0 Å². The van der Waals surface area contributed by atoms with Crippen molar-refractivity contribution >= 4 is 36.4 Å². The summed E-state index contributed by atoms with van der Waals surface area (Å²) >= 11 is 1.64. The van der Waals surface area contributed by atoms with Crippen LogP contribution in [0.15, 0.2) is 0 Å². The van der Waals surface area contributed by atoms with E-state index in [1.54, 1.807) is 22.6 Å². The summed E-state index contributed by atoms with van der Waals surface area (Å²) < 4.78 is 13.4. The Balaban J connectivity index is 3.75. The first kappa shape index (κ1) is 9.35. The molecule has 0 saturated heterocycles. The summed E-state index contributed by atoms with van der Waals surface area (Å²) in [5.41, 5.74) is 0. The van der Waals surface area contributed by atoms with Crippen LogP contribution in [0, 0.1) is 0 Å². The fourth-order valence-corrected chi connectivity index (χ4v) is 0.889. The SMILES string of the molecule is O=C(CI)OP(=O)(O)O. The van der Waals surface area contributed by atoms with E-state index < -0.39 is 13.8 Å². The number of alkyl halides is 1. The number of hydrogen-bond acceptors (Lipinski definition) is 3. The molecule has 0 atom stereocenters. The first-order chi connectivity index (χ1) is 3.95. The van der Waals surface area contributed by atoms with Crippen molar-refractivity contribution in [3.05, 3.63) is 0 Å². The van der Waals surface area contributed by atoms with Crippen molar-refractivity contribution < 1.29 is 23.7 Å². The summed E-state index contributed by atoms with van der Waals surface area (Å²) in [6.45, 7) is 0. The Bertz CT molecular complexity index is 149. The van der Waals surface area contributed by atoms with Crippen LogP contribution in [0.4, 0.5) is 0 Å². The molecule has 0 aromatic carbocycles. The van der Waals surface area contributed by atoms with Crippen molar-refractivity contribution in [1.82, 2.24) is 0 Å². The minimum Gasteiger partial charge on any atom is -0.370 e. The molecular formula is C2H4IO5P. The molecule has 0 amide bonds. The van der Waals surface area contributed by atoms with Gasteiger partial charge in [0.25, 0.3) is 0 Å². The van der Waals surface area contributed by atoms with Crippen molar-refractivity contribution in [3.63, 3.8) is 0 Å². The zero-order chi connectivity index (χ0) is 7.49. The van der Waals surface area contributed by atoms with Crippen LogP contribution in [-0.2, 0) is 13.9 Å². The van der Waals surface area contributed by atoms with Crippen molar-refractivity contribution in [1.29, 1.82) is 0 Å². The largest absolute Gasteiger partial charge is 0.527 e. The zero-order valence-electron chi connectivity index (χ0n) is 4.15. The molecule has 0 fully saturated rings. The van der Waals surface area contributed by atoms with Crippen LogP contribution in [0.3, 0.4) is 0 Å². The van der Waals surface area contributed by atoms with Crippen LogP contribution in [0.2, 0.25) is 0 Å². The van der Waals surface area contributed by atoms with Gasteiger partial charge in [-0.15, -0.1) is 0 Å². The van der Waals surface area contributed by atoms with E-state index in [9.17, 15) is 9.36 Å². The summed E-state index contributed by atoms with van der Waals surface area (Å²) in [7, 11) is -4.59. The second-order valence-electron chi connectivity index (χ2n) is 1.09. The summed E-state index contributed by atoms with van der Waals surface area (Å²) in [5, 5.41) is 0. The molecular weight excluding hydrogens is 262 g/mol. The summed E-state index contributed by atoms with van der Waals surface area (Å²) in [5.74, 6) is -0.913. The van der Waals surface area contributed by atoms with Crippen molar-refractivity contribution in [2.45, 2.75) is 0 Å². The Kier molecular flexibility index (Phi) is 3.64. The lowest BCUT2D eigenvalue weighted by molar-refractivity contribution is -0.132. The second kappa shape index (κ2) is 3.50. The predicted octanol–water partition coefficient (Wildman–Crippen LogP) is 0.0573. The molecule has 54 valence electrons. The molecule has 0 aliphatic carbocycles. The Morgan fingerprint density at radius 2 is 2.11 bits per heavy atom. The van der Waals surface area contributed by atoms with Gasteiger partial charge in [0.2, 0.25) is 0 Å². The van der Waals surface area contributed by atoms with Crippen molar-refractivity contribution in [2.75, 3.05) is 4.43 Å². The van der Waals surface area contributed by atoms with Crippen molar-refractivity contribution in [3.8, 4) is 0 Å². The molecule has 0 spiro atoms. The molecule has 0 aliphatic heterocycles. The van der Waals surface area contributed by atoms with Gasteiger partial charge in [0, 0.05) is 0 Å². The highest BCUT2D eigenvalue weighted by Gasteiger charge is 2.18. The van der Waals surface area contributed by atoms with E-state index in [1.807, 2.05) is 0 Å². The fraction of sp³-hybridized carbons (Fsp3) is 0.500. The van der Waals surface area contributed by atoms with E-state index in [2.05, 4.69) is 4.52 Å². The lowest BCUT2D eigenvalue weighted by Gasteiger charge is -2.00. The normalized spacial score (nSPS) is 11.0. The molecule has 0 aliphatic rings. The predicted molar refractivity (Wildman–Crippen MR) is 37.0 cm³/mol. The number of carbonyl (C=O) groups excluding carboxylic acids is 1. The van der Waals surface area contributed by atoms with Crippen LogP contribution < -0.4 is 0 Å². The average Bonchev–Trinajstić information content (AvgIpc) is 1.62. The summed E-state index contributed by atoms with van der Waals surface area (Å²) in [4.78, 5) is 26.1. The third-order valence-corrected chi connectivity index (χ3v) is 1.39. The number of phosphoric ester groups is 1. The van der Waals surface area contributed by atoms with Gasteiger partial charge >= 0.3 is 13.8 Å². The molecule has 0 saturated carbocycles. The van der Waals surface area contributed by atoms with Gasteiger partial charge in [-0.05, 0) is 0 Å². The Labute approximate surface area is 64.8 Å². The molecule has 0 bridgehead atoms. The smallest absolute Gasteiger partial charge is 0.370 e. The maximum absolute atomic E-state index is 10.1. The minimum absolute atomic E-state index is 0.0666. The van der Waals surface area contributed by atoms with Crippen LogP contribution in [0.1, 0.15) is 0 Å². The fourth-order valence-electron chi connectivity index (χ4n) is 0.157. The molecule has 5 nitrogen and oxygen atoms in total. The van der Waals surface area contributed by atoms with Gasteiger partial charge in [-0.1, -0.05) is 22.6 Å². The minimum atomic E-state index is -4.59. The van der Waals surface area contributed by atoms with E-state index in [0.29, 0.717) is 0 Å². The van der Waals surface area contributed by atoms with Gasteiger partial charge in [-0.2, -0.15) is 0 Å².